The van der Waals surface area contributed by atoms with Gasteiger partial charge in [0.25, 0.3) is 0 Å². The minimum Gasteiger partial charge on any atom is -0.497 e. The van der Waals surface area contributed by atoms with E-state index >= 15 is 0 Å². The molecule has 1 rings (SSSR count). The van der Waals surface area contributed by atoms with Gasteiger partial charge in [-0.3, -0.25) is 9.59 Å². The molecule has 1 aromatic rings. The number of rotatable bonds is 4. The summed E-state index contributed by atoms with van der Waals surface area (Å²) in [7, 11) is 1.55. The van der Waals surface area contributed by atoms with Crippen molar-refractivity contribution in [2.75, 3.05) is 25.5 Å². The van der Waals surface area contributed by atoms with E-state index in [9.17, 15) is 9.59 Å². The van der Waals surface area contributed by atoms with Gasteiger partial charge in [0, 0.05) is 18.8 Å². The van der Waals surface area contributed by atoms with Crippen LogP contribution < -0.4 is 21.1 Å². The van der Waals surface area contributed by atoms with Gasteiger partial charge in [0.15, 0.2) is 0 Å². The number of nitrogens with two attached hydrogens (primary N) is 1. The van der Waals surface area contributed by atoms with Gasteiger partial charge >= 0.3 is 11.8 Å². The molecule has 0 unspecified atom stereocenters. The van der Waals surface area contributed by atoms with Gasteiger partial charge < -0.3 is 21.1 Å². The van der Waals surface area contributed by atoms with Crippen LogP contribution in [0.2, 0.25) is 0 Å². The lowest BCUT2D eigenvalue weighted by Gasteiger charge is -2.06. The van der Waals surface area contributed by atoms with Gasteiger partial charge in [0.2, 0.25) is 0 Å². The summed E-state index contributed by atoms with van der Waals surface area (Å²) in [6, 6.07) is 6.67. The monoisotopic (exact) mass is 237 g/mol. The lowest BCUT2D eigenvalue weighted by atomic mass is 10.3. The van der Waals surface area contributed by atoms with Crippen molar-refractivity contribution in [3.63, 3.8) is 0 Å². The molecule has 0 spiro atoms. The van der Waals surface area contributed by atoms with Crippen LogP contribution in [0.1, 0.15) is 0 Å². The molecule has 92 valence electrons. The predicted molar refractivity (Wildman–Crippen MR) is 63.7 cm³/mol. The van der Waals surface area contributed by atoms with E-state index in [1.165, 1.54) is 0 Å². The van der Waals surface area contributed by atoms with Gasteiger partial charge in [-0.2, -0.15) is 0 Å². The molecule has 0 atom stereocenters. The third-order valence-corrected chi connectivity index (χ3v) is 1.98. The number of hydrogen-bond donors (Lipinski definition) is 3. The van der Waals surface area contributed by atoms with Gasteiger partial charge in [-0.15, -0.1) is 0 Å². The molecule has 4 N–H and O–H groups in total. The molecule has 0 aliphatic rings. The lowest BCUT2D eigenvalue weighted by molar-refractivity contribution is -0.136. The van der Waals surface area contributed by atoms with E-state index in [1.807, 2.05) is 0 Å². The molecule has 0 radical (unpaired) electrons. The van der Waals surface area contributed by atoms with E-state index in [0.717, 1.165) is 0 Å². The molecule has 0 bridgehead atoms. The molecule has 0 aliphatic heterocycles. The van der Waals surface area contributed by atoms with Crippen molar-refractivity contribution < 1.29 is 14.3 Å². The van der Waals surface area contributed by atoms with E-state index in [0.29, 0.717) is 18.0 Å². The number of hydrogen-bond acceptors (Lipinski definition) is 4. The molecule has 0 heterocycles. The first kappa shape index (κ1) is 13.0. The zero-order chi connectivity index (χ0) is 12.7. The Kier molecular flexibility index (Phi) is 4.96. The SMILES string of the molecule is COc1ccc(NC(=O)C(=O)NCCN)cc1. The molecular formula is C11H15N3O3. The summed E-state index contributed by atoms with van der Waals surface area (Å²) >= 11 is 0. The third-order valence-electron chi connectivity index (χ3n) is 1.98. The Morgan fingerprint density at radius 2 is 1.88 bits per heavy atom. The minimum absolute atomic E-state index is 0.273. The van der Waals surface area contributed by atoms with Gasteiger partial charge in [0.05, 0.1) is 7.11 Å². The first-order valence-corrected chi connectivity index (χ1v) is 5.10. The number of ether oxygens (including phenoxy) is 1. The highest BCUT2D eigenvalue weighted by molar-refractivity contribution is 6.39. The van der Waals surface area contributed by atoms with Gasteiger partial charge in [-0.05, 0) is 24.3 Å². The molecule has 2 amide bonds. The summed E-state index contributed by atoms with van der Waals surface area (Å²) in [4.78, 5) is 22.6. The van der Waals surface area contributed by atoms with Crippen LogP contribution in [0.3, 0.4) is 0 Å². The Hall–Kier alpha value is -2.08. The summed E-state index contributed by atoms with van der Waals surface area (Å²) < 4.78 is 4.97. The van der Waals surface area contributed by atoms with Crippen molar-refractivity contribution in [2.45, 2.75) is 0 Å². The van der Waals surface area contributed by atoms with Gasteiger partial charge in [0.1, 0.15) is 5.75 Å². The fourth-order valence-corrected chi connectivity index (χ4v) is 1.13. The average Bonchev–Trinajstić information content (AvgIpc) is 2.36. The van der Waals surface area contributed by atoms with E-state index in [2.05, 4.69) is 10.6 Å². The molecule has 0 fully saturated rings. The van der Waals surface area contributed by atoms with Crippen molar-refractivity contribution in [2.24, 2.45) is 5.73 Å². The molecule has 6 nitrogen and oxygen atoms in total. The van der Waals surface area contributed by atoms with Gasteiger partial charge in [-0.25, -0.2) is 0 Å². The zero-order valence-corrected chi connectivity index (χ0v) is 9.53. The quantitative estimate of drug-likeness (QED) is 0.627. The Morgan fingerprint density at radius 3 is 2.41 bits per heavy atom. The van der Waals surface area contributed by atoms with Crippen LogP contribution in [0.25, 0.3) is 0 Å². The van der Waals surface area contributed by atoms with Gasteiger partial charge in [-0.1, -0.05) is 0 Å². The Balaban J connectivity index is 2.52. The molecule has 1 aromatic carbocycles. The third kappa shape index (κ3) is 4.12. The number of amides is 2. The van der Waals surface area contributed by atoms with E-state index in [-0.39, 0.29) is 6.54 Å². The Morgan fingerprint density at radius 1 is 1.24 bits per heavy atom. The van der Waals surface area contributed by atoms with Crippen molar-refractivity contribution >= 4 is 17.5 Å². The standard InChI is InChI=1S/C11H15N3O3/c1-17-9-4-2-8(3-5-9)14-11(16)10(15)13-7-6-12/h2-5H,6-7,12H2,1H3,(H,13,15)(H,14,16). The number of carbonyl (C=O) groups is 2. The second-order valence-corrected chi connectivity index (χ2v) is 3.23. The number of anilines is 1. The van der Waals surface area contributed by atoms with Crippen molar-refractivity contribution in [1.29, 1.82) is 0 Å². The molecular weight excluding hydrogens is 222 g/mol. The van der Waals surface area contributed by atoms with Crippen LogP contribution >= 0.6 is 0 Å². The highest BCUT2D eigenvalue weighted by Gasteiger charge is 2.12. The van der Waals surface area contributed by atoms with Crippen molar-refractivity contribution in [3.05, 3.63) is 24.3 Å². The Labute approximate surface area is 99.1 Å². The molecule has 0 aliphatic carbocycles. The summed E-state index contributed by atoms with van der Waals surface area (Å²) in [5.74, 6) is -0.745. The minimum atomic E-state index is -0.719. The number of carbonyl (C=O) groups excluding carboxylic acids is 2. The maximum absolute atomic E-state index is 11.4. The maximum atomic E-state index is 11.4. The second kappa shape index (κ2) is 6.49. The largest absolute Gasteiger partial charge is 0.497 e. The fraction of sp³-hybridized carbons (Fsp3) is 0.273. The van der Waals surface area contributed by atoms with Crippen molar-refractivity contribution in [3.8, 4) is 5.75 Å². The first-order valence-electron chi connectivity index (χ1n) is 5.10. The topological polar surface area (TPSA) is 93.4 Å². The summed E-state index contributed by atoms with van der Waals surface area (Å²) in [6.07, 6.45) is 0. The van der Waals surface area contributed by atoms with Crippen LogP contribution in [0.15, 0.2) is 24.3 Å². The fourth-order valence-electron chi connectivity index (χ4n) is 1.13. The first-order chi connectivity index (χ1) is 8.17. The number of nitrogens with one attached hydrogen (secondary N) is 2. The lowest BCUT2D eigenvalue weighted by Crippen LogP contribution is -2.37. The average molecular weight is 237 g/mol. The van der Waals surface area contributed by atoms with Crippen LogP contribution in [0.5, 0.6) is 5.75 Å². The summed E-state index contributed by atoms with van der Waals surface area (Å²) in [6.45, 7) is 0.566. The Bertz CT molecular complexity index is 389. The normalized spacial score (nSPS) is 9.53. The molecule has 0 saturated heterocycles. The summed E-state index contributed by atoms with van der Waals surface area (Å²) in [5, 5.41) is 4.83. The highest BCUT2D eigenvalue weighted by atomic mass is 16.5. The number of methoxy groups -OCH3 is 1. The maximum Gasteiger partial charge on any atom is 0.313 e. The van der Waals surface area contributed by atoms with Crippen LogP contribution in [0.4, 0.5) is 5.69 Å². The van der Waals surface area contributed by atoms with Crippen LogP contribution in [-0.4, -0.2) is 32.0 Å². The zero-order valence-electron chi connectivity index (χ0n) is 9.53. The molecule has 0 saturated carbocycles. The molecule has 0 aromatic heterocycles. The van der Waals surface area contributed by atoms with Crippen molar-refractivity contribution in [1.82, 2.24) is 5.32 Å². The highest BCUT2D eigenvalue weighted by Crippen LogP contribution is 2.14. The van der Waals surface area contributed by atoms with E-state index < -0.39 is 11.8 Å². The summed E-state index contributed by atoms with van der Waals surface area (Å²) in [5.41, 5.74) is 5.73. The van der Waals surface area contributed by atoms with Crippen LogP contribution in [0, 0.1) is 0 Å². The molecule has 6 heteroatoms. The molecule has 17 heavy (non-hydrogen) atoms. The second-order valence-electron chi connectivity index (χ2n) is 3.23. The smallest absolute Gasteiger partial charge is 0.313 e. The predicted octanol–water partition coefficient (Wildman–Crippen LogP) is -0.291. The van der Waals surface area contributed by atoms with Crippen LogP contribution in [-0.2, 0) is 9.59 Å². The van der Waals surface area contributed by atoms with E-state index in [1.54, 1.807) is 31.4 Å². The van der Waals surface area contributed by atoms with E-state index in [4.69, 9.17) is 10.5 Å². The number of benzene rings is 1.